The summed E-state index contributed by atoms with van der Waals surface area (Å²) < 4.78 is 47.2. The second-order valence-corrected chi connectivity index (χ2v) is 13.3. The maximum Gasteiger partial charge on any atom is 0.522 e. The van der Waals surface area contributed by atoms with Gasteiger partial charge in [0.1, 0.15) is 18.8 Å². The molecule has 2 N–H and O–H groups in total. The molecule has 2 aliphatic heterocycles. The number of aliphatic hydroxyl groups is 1. The van der Waals surface area contributed by atoms with Gasteiger partial charge in [-0.1, -0.05) is 41.9 Å². The number of rotatable bonds is 4. The standard InChI is InChI=1S/C24H17ClN5O7PS2/c25-13-6-8-14(9-7-13)40(33,34)24-27-17-20(30(24)22-18(31)19-16(36-22)11-35-38(39)37-19)28-23-26-15(10-29(23)21(17)32)12-4-2-1-3-5-12/h1-10,16,18-19,22,31H,11H2/p+1/t16?,18?,19-,22-/m1/s1. The molecule has 2 aromatic carbocycles. The quantitative estimate of drug-likeness (QED) is 0.288. The van der Waals surface area contributed by atoms with Crippen molar-refractivity contribution in [1.29, 1.82) is 0 Å². The molecule has 5 aromatic rings. The monoisotopic (exact) mass is 618 g/mol. The van der Waals surface area contributed by atoms with Crippen LogP contribution in [-0.4, -0.2) is 62.4 Å². The number of hydrogen-bond donors (Lipinski definition) is 2. The fraction of sp³-hybridized carbons (Fsp3) is 0.208. The van der Waals surface area contributed by atoms with E-state index in [1.54, 1.807) is 6.20 Å². The van der Waals surface area contributed by atoms with Gasteiger partial charge >= 0.3 is 7.15 Å². The van der Waals surface area contributed by atoms with Crippen LogP contribution in [-0.2, 0) is 35.4 Å². The number of aromatic amines is 1. The maximum atomic E-state index is 13.9. The number of nitrogens with one attached hydrogen (secondary N) is 1. The van der Waals surface area contributed by atoms with Crippen molar-refractivity contribution < 1.29 is 27.3 Å². The largest absolute Gasteiger partial charge is 0.522 e. The smallest absolute Gasteiger partial charge is 0.385 e. The van der Waals surface area contributed by atoms with Crippen molar-refractivity contribution in [2.24, 2.45) is 0 Å². The van der Waals surface area contributed by atoms with E-state index in [0.717, 1.165) is 10.1 Å². The average Bonchev–Trinajstić information content (AvgIpc) is 3.64. The van der Waals surface area contributed by atoms with E-state index in [9.17, 15) is 18.3 Å². The van der Waals surface area contributed by atoms with Gasteiger partial charge in [0, 0.05) is 11.2 Å². The molecule has 16 heteroatoms. The Morgan fingerprint density at radius 2 is 1.88 bits per heavy atom. The summed E-state index contributed by atoms with van der Waals surface area (Å²) in [5.41, 5.74) is 0.504. The van der Waals surface area contributed by atoms with Crippen molar-refractivity contribution in [3.63, 3.8) is 0 Å². The number of sulfone groups is 1. The number of halogens is 1. The highest BCUT2D eigenvalue weighted by atomic mass is 35.5. The van der Waals surface area contributed by atoms with Crippen molar-refractivity contribution in [2.75, 3.05) is 6.61 Å². The van der Waals surface area contributed by atoms with E-state index in [1.807, 2.05) is 30.3 Å². The van der Waals surface area contributed by atoms with Gasteiger partial charge in [0.15, 0.2) is 23.5 Å². The number of benzene rings is 2. The molecule has 0 amide bonds. The number of aromatic nitrogens is 5. The van der Waals surface area contributed by atoms with Crippen molar-refractivity contribution in [3.8, 4) is 11.3 Å². The minimum absolute atomic E-state index is 0.0523. The summed E-state index contributed by atoms with van der Waals surface area (Å²) >= 11 is 11.1. The molecule has 40 heavy (non-hydrogen) atoms. The van der Waals surface area contributed by atoms with Crippen LogP contribution in [0.15, 0.2) is 75.6 Å². The minimum Gasteiger partial charge on any atom is -0.385 e. The second-order valence-electron chi connectivity index (χ2n) is 9.18. The second kappa shape index (κ2) is 9.50. The Morgan fingerprint density at radius 3 is 2.62 bits per heavy atom. The SMILES string of the molecule is O=c1c2nc(S(=O)(=O)c3ccc(Cl)cc3)n([C@@H]3OC4CO[P+](=S)O[C@H]4C3O)c2nc2[nH]c(-c3ccccc3)cn12. The zero-order valence-corrected chi connectivity index (χ0v) is 23.4. The molecule has 0 radical (unpaired) electrons. The van der Waals surface area contributed by atoms with E-state index < -0.39 is 52.2 Å². The Kier molecular flexibility index (Phi) is 6.14. The Morgan fingerprint density at radius 1 is 1.12 bits per heavy atom. The summed E-state index contributed by atoms with van der Waals surface area (Å²) in [4.78, 5) is 25.5. The number of hydrogen-bond acceptors (Lipinski definition) is 10. The summed E-state index contributed by atoms with van der Waals surface area (Å²) in [6.45, 7) is 0.0523. The first-order valence-corrected chi connectivity index (χ1v) is 16.0. The van der Waals surface area contributed by atoms with Crippen molar-refractivity contribution in [3.05, 3.63) is 76.2 Å². The predicted molar refractivity (Wildman–Crippen MR) is 146 cm³/mol. The lowest BCUT2D eigenvalue weighted by molar-refractivity contribution is -0.0558. The number of nitrogens with zero attached hydrogens (tertiary/aromatic N) is 4. The van der Waals surface area contributed by atoms with Crippen LogP contribution in [0.4, 0.5) is 0 Å². The number of aliphatic hydroxyl groups excluding tert-OH is 1. The normalized spacial score (nSPS) is 24.1. The Labute approximate surface area is 236 Å². The molecule has 12 nitrogen and oxygen atoms in total. The fourth-order valence-corrected chi connectivity index (χ4v) is 7.63. The summed E-state index contributed by atoms with van der Waals surface area (Å²) in [5.74, 6) is 0.145. The molecule has 5 heterocycles. The van der Waals surface area contributed by atoms with Gasteiger partial charge in [-0.3, -0.25) is 9.36 Å². The molecular formula is C24H18ClN5O7PS2+. The van der Waals surface area contributed by atoms with Crippen LogP contribution in [0.5, 0.6) is 0 Å². The van der Waals surface area contributed by atoms with E-state index in [4.69, 9.17) is 37.2 Å². The van der Waals surface area contributed by atoms with E-state index in [-0.39, 0.29) is 28.4 Å². The molecule has 3 unspecified atom stereocenters. The third-order valence-electron chi connectivity index (χ3n) is 6.78. The number of fused-ring (bicyclic) bond motifs is 3. The van der Waals surface area contributed by atoms with Gasteiger partial charge in [0.2, 0.25) is 32.6 Å². The van der Waals surface area contributed by atoms with E-state index >= 15 is 0 Å². The van der Waals surface area contributed by atoms with Crippen molar-refractivity contribution >= 4 is 57.3 Å². The lowest BCUT2D eigenvalue weighted by Crippen LogP contribution is -2.37. The molecule has 5 atom stereocenters. The molecule has 0 aliphatic carbocycles. The van der Waals surface area contributed by atoms with Gasteiger partial charge in [-0.15, -0.1) is 9.05 Å². The van der Waals surface area contributed by atoms with Crippen LogP contribution in [0.3, 0.4) is 0 Å². The molecule has 0 saturated carbocycles. The minimum atomic E-state index is -4.35. The van der Waals surface area contributed by atoms with Crippen LogP contribution in [0.1, 0.15) is 6.23 Å². The Hall–Kier alpha value is -3.07. The molecule has 2 fully saturated rings. The van der Waals surface area contributed by atoms with Crippen LogP contribution in [0.25, 0.3) is 28.2 Å². The van der Waals surface area contributed by atoms with Gasteiger partial charge in [0.25, 0.3) is 5.56 Å². The Balaban J connectivity index is 1.47. The van der Waals surface area contributed by atoms with Gasteiger partial charge in [0.05, 0.1) is 10.6 Å². The van der Waals surface area contributed by atoms with E-state index in [1.165, 1.54) is 28.7 Å². The number of ether oxygens (including phenoxy) is 1. The molecule has 2 saturated heterocycles. The topological polar surface area (TPSA) is 150 Å². The van der Waals surface area contributed by atoms with Gasteiger partial charge in [-0.25, -0.2) is 17.8 Å². The summed E-state index contributed by atoms with van der Waals surface area (Å²) in [6, 6.07) is 14.8. The van der Waals surface area contributed by atoms with E-state index in [0.29, 0.717) is 10.7 Å². The Bertz CT molecular complexity index is 1980. The third-order valence-corrected chi connectivity index (χ3v) is 10.0. The molecule has 2 aliphatic rings. The zero-order valence-electron chi connectivity index (χ0n) is 20.1. The van der Waals surface area contributed by atoms with Gasteiger partial charge in [-0.05, 0) is 29.8 Å². The summed E-state index contributed by atoms with van der Waals surface area (Å²) in [7, 11) is -6.01. The first-order valence-electron chi connectivity index (χ1n) is 11.9. The van der Waals surface area contributed by atoms with Crippen LogP contribution in [0.2, 0.25) is 5.02 Å². The molecule has 0 spiro atoms. The summed E-state index contributed by atoms with van der Waals surface area (Å²) in [5, 5.41) is 11.1. The van der Waals surface area contributed by atoms with Crippen LogP contribution < -0.4 is 5.56 Å². The molecule has 3 aromatic heterocycles. The fourth-order valence-electron chi connectivity index (χ4n) is 4.87. The van der Waals surface area contributed by atoms with Crippen LogP contribution >= 0.6 is 18.8 Å². The maximum absolute atomic E-state index is 13.9. The first kappa shape index (κ1) is 25.9. The molecule has 7 rings (SSSR count). The first-order chi connectivity index (χ1) is 19.2. The van der Waals surface area contributed by atoms with Crippen molar-refractivity contribution in [2.45, 2.75) is 34.6 Å². The highest BCUT2D eigenvalue weighted by molar-refractivity contribution is 8.00. The summed E-state index contributed by atoms with van der Waals surface area (Å²) in [6.07, 6.45) is -2.72. The van der Waals surface area contributed by atoms with E-state index in [2.05, 4.69) is 15.0 Å². The zero-order chi connectivity index (χ0) is 27.8. The lowest BCUT2D eigenvalue weighted by atomic mass is 10.1. The van der Waals surface area contributed by atoms with Gasteiger partial charge < -0.3 is 14.8 Å². The van der Waals surface area contributed by atoms with Gasteiger partial charge in [-0.2, -0.15) is 4.98 Å². The highest BCUT2D eigenvalue weighted by Gasteiger charge is 2.54. The van der Waals surface area contributed by atoms with Crippen LogP contribution in [0, 0.1) is 0 Å². The highest BCUT2D eigenvalue weighted by Crippen LogP contribution is 2.44. The third kappa shape index (κ3) is 4.03. The predicted octanol–water partition coefficient (Wildman–Crippen LogP) is 2.97. The molecule has 204 valence electrons. The number of H-pyrrole nitrogens is 1. The van der Waals surface area contributed by atoms with Crippen molar-refractivity contribution in [1.82, 2.24) is 23.9 Å². The number of imidazole rings is 2. The average molecular weight is 619 g/mol. The lowest BCUT2D eigenvalue weighted by Gasteiger charge is -2.19. The molecular weight excluding hydrogens is 601 g/mol. The molecule has 0 bridgehead atoms.